The van der Waals surface area contributed by atoms with Gasteiger partial charge in [0.25, 0.3) is 0 Å². The van der Waals surface area contributed by atoms with E-state index in [0.717, 1.165) is 27.9 Å². The molecule has 7 heteroatoms. The maximum atomic E-state index is 12.2. The fraction of sp³-hybridized carbons (Fsp3) is 0.136. The highest BCUT2D eigenvalue weighted by atomic mass is 32.2. The Morgan fingerprint density at radius 2 is 1.90 bits per heavy atom. The summed E-state index contributed by atoms with van der Waals surface area (Å²) in [5.74, 6) is 1.50. The van der Waals surface area contributed by atoms with Gasteiger partial charge in [0.1, 0.15) is 11.6 Å². The van der Waals surface area contributed by atoms with Crippen LogP contribution in [-0.4, -0.2) is 31.2 Å². The van der Waals surface area contributed by atoms with E-state index in [0.29, 0.717) is 16.4 Å². The van der Waals surface area contributed by atoms with Gasteiger partial charge >= 0.3 is 0 Å². The van der Waals surface area contributed by atoms with Gasteiger partial charge in [-0.1, -0.05) is 25.1 Å². The molecule has 4 rings (SSSR count). The summed E-state index contributed by atoms with van der Waals surface area (Å²) >= 11 is 0. The number of nitrogens with zero attached hydrogens (tertiary/aromatic N) is 1. The van der Waals surface area contributed by atoms with Crippen LogP contribution in [0.5, 0.6) is 5.75 Å². The molecule has 4 aromatic rings. The normalized spacial score (nSPS) is 11.5. The van der Waals surface area contributed by atoms with Crippen LogP contribution in [0, 0.1) is 0 Å². The van der Waals surface area contributed by atoms with Gasteiger partial charge in [0.15, 0.2) is 9.84 Å². The van der Waals surface area contributed by atoms with E-state index < -0.39 is 9.84 Å². The summed E-state index contributed by atoms with van der Waals surface area (Å²) in [4.78, 5) is 8.15. The molecule has 29 heavy (non-hydrogen) atoms. The number of rotatable bonds is 6. The standard InChI is InChI=1S/C22H21N3O3S/c1-3-29(26,27)18-9-5-7-16(13-18)24-22-19-14-21(25-20(19)10-11-23-22)15-6-4-8-17(12-15)28-2/h4-14,25H,3H2,1-2H3,(H,23,24). The number of ether oxygens (including phenoxy) is 1. The van der Waals surface area contributed by atoms with Crippen LogP contribution in [-0.2, 0) is 9.84 Å². The number of nitrogens with one attached hydrogen (secondary N) is 2. The van der Waals surface area contributed by atoms with Gasteiger partial charge in [0, 0.05) is 28.5 Å². The third kappa shape index (κ3) is 3.82. The zero-order valence-corrected chi connectivity index (χ0v) is 17.0. The van der Waals surface area contributed by atoms with Crippen molar-refractivity contribution in [3.8, 4) is 17.0 Å². The Labute approximate surface area is 169 Å². The van der Waals surface area contributed by atoms with Crippen LogP contribution in [0.1, 0.15) is 6.92 Å². The SMILES string of the molecule is CCS(=O)(=O)c1cccc(Nc2nccc3[nH]c(-c4cccc(OC)c4)cc23)c1. The highest BCUT2D eigenvalue weighted by molar-refractivity contribution is 7.91. The summed E-state index contributed by atoms with van der Waals surface area (Å²) in [6.07, 6.45) is 1.71. The van der Waals surface area contributed by atoms with Crippen molar-refractivity contribution in [2.45, 2.75) is 11.8 Å². The molecule has 2 N–H and O–H groups in total. The van der Waals surface area contributed by atoms with Crippen LogP contribution < -0.4 is 10.1 Å². The van der Waals surface area contributed by atoms with Gasteiger partial charge in [-0.3, -0.25) is 0 Å². The summed E-state index contributed by atoms with van der Waals surface area (Å²) in [5, 5.41) is 4.16. The second-order valence-corrected chi connectivity index (χ2v) is 8.87. The lowest BCUT2D eigenvalue weighted by atomic mass is 10.1. The van der Waals surface area contributed by atoms with Crippen molar-refractivity contribution in [3.63, 3.8) is 0 Å². The summed E-state index contributed by atoms with van der Waals surface area (Å²) in [6.45, 7) is 1.64. The highest BCUT2D eigenvalue weighted by Gasteiger charge is 2.13. The van der Waals surface area contributed by atoms with Crippen molar-refractivity contribution in [2.75, 3.05) is 18.2 Å². The topological polar surface area (TPSA) is 84.1 Å². The second-order valence-electron chi connectivity index (χ2n) is 6.59. The molecule has 148 valence electrons. The van der Waals surface area contributed by atoms with Gasteiger partial charge in [-0.2, -0.15) is 0 Å². The Morgan fingerprint density at radius 1 is 1.07 bits per heavy atom. The van der Waals surface area contributed by atoms with Crippen LogP contribution >= 0.6 is 0 Å². The zero-order chi connectivity index (χ0) is 20.4. The highest BCUT2D eigenvalue weighted by Crippen LogP contribution is 2.31. The van der Waals surface area contributed by atoms with Crippen LogP contribution in [0.25, 0.3) is 22.2 Å². The molecule has 0 bridgehead atoms. The van der Waals surface area contributed by atoms with E-state index in [1.165, 1.54) is 0 Å². The summed E-state index contributed by atoms with van der Waals surface area (Å²) in [6, 6.07) is 18.5. The predicted octanol–water partition coefficient (Wildman–Crippen LogP) is 4.78. The number of aromatic amines is 1. The summed E-state index contributed by atoms with van der Waals surface area (Å²) < 4.78 is 29.7. The van der Waals surface area contributed by atoms with Crippen LogP contribution in [0.15, 0.2) is 71.8 Å². The lowest BCUT2D eigenvalue weighted by molar-refractivity contribution is 0.415. The van der Waals surface area contributed by atoms with E-state index in [2.05, 4.69) is 15.3 Å². The maximum absolute atomic E-state index is 12.2. The number of methoxy groups -OCH3 is 1. The number of sulfone groups is 1. The van der Waals surface area contributed by atoms with Crippen LogP contribution in [0.2, 0.25) is 0 Å². The Balaban J connectivity index is 1.72. The Morgan fingerprint density at radius 3 is 2.69 bits per heavy atom. The first-order valence-corrected chi connectivity index (χ1v) is 10.9. The molecule has 0 amide bonds. The molecule has 0 aliphatic rings. The number of hydrogen-bond donors (Lipinski definition) is 2. The molecule has 0 saturated heterocycles. The summed E-state index contributed by atoms with van der Waals surface area (Å²) in [5.41, 5.74) is 3.54. The Hall–Kier alpha value is -3.32. The molecular formula is C22H21N3O3S. The molecule has 2 aromatic carbocycles. The lowest BCUT2D eigenvalue weighted by Gasteiger charge is -2.08. The molecule has 0 aliphatic carbocycles. The van der Waals surface area contributed by atoms with Gasteiger partial charge in [0.2, 0.25) is 0 Å². The van der Waals surface area contributed by atoms with E-state index in [-0.39, 0.29) is 5.75 Å². The zero-order valence-electron chi connectivity index (χ0n) is 16.1. The molecule has 0 saturated carbocycles. The first kappa shape index (κ1) is 19.0. The minimum absolute atomic E-state index is 0.0615. The molecule has 0 atom stereocenters. The van der Waals surface area contributed by atoms with Crippen LogP contribution in [0.4, 0.5) is 11.5 Å². The number of hydrogen-bond acceptors (Lipinski definition) is 5. The average Bonchev–Trinajstić information content (AvgIpc) is 3.19. The quantitative estimate of drug-likeness (QED) is 0.481. The van der Waals surface area contributed by atoms with E-state index >= 15 is 0 Å². The van der Waals surface area contributed by atoms with Gasteiger partial charge in [-0.15, -0.1) is 0 Å². The number of H-pyrrole nitrogens is 1. The fourth-order valence-corrected chi connectivity index (χ4v) is 4.10. The predicted molar refractivity (Wildman–Crippen MR) is 116 cm³/mol. The van der Waals surface area contributed by atoms with Gasteiger partial charge in [-0.25, -0.2) is 13.4 Å². The van der Waals surface area contributed by atoms with Crippen molar-refractivity contribution in [1.82, 2.24) is 9.97 Å². The maximum Gasteiger partial charge on any atom is 0.178 e. The molecule has 2 aromatic heterocycles. The largest absolute Gasteiger partial charge is 0.497 e. The first-order chi connectivity index (χ1) is 14.0. The van der Waals surface area contributed by atoms with Crippen molar-refractivity contribution < 1.29 is 13.2 Å². The molecule has 0 fully saturated rings. The van der Waals surface area contributed by atoms with Gasteiger partial charge in [0.05, 0.1) is 23.3 Å². The monoisotopic (exact) mass is 407 g/mol. The van der Waals surface area contributed by atoms with Crippen molar-refractivity contribution in [1.29, 1.82) is 0 Å². The molecule has 0 unspecified atom stereocenters. The van der Waals surface area contributed by atoms with E-state index in [1.54, 1.807) is 38.4 Å². The molecular weight excluding hydrogens is 386 g/mol. The minimum atomic E-state index is -3.27. The third-order valence-electron chi connectivity index (χ3n) is 4.76. The first-order valence-electron chi connectivity index (χ1n) is 9.22. The van der Waals surface area contributed by atoms with E-state index in [4.69, 9.17) is 4.74 Å². The smallest absolute Gasteiger partial charge is 0.178 e. The average molecular weight is 407 g/mol. The second kappa shape index (κ2) is 7.60. The van der Waals surface area contributed by atoms with Gasteiger partial charge in [-0.05, 0) is 42.5 Å². The summed E-state index contributed by atoms with van der Waals surface area (Å²) in [7, 11) is -1.63. The molecule has 0 spiro atoms. The van der Waals surface area contributed by atoms with Crippen molar-refractivity contribution in [3.05, 3.63) is 66.9 Å². The number of fused-ring (bicyclic) bond motifs is 1. The fourth-order valence-electron chi connectivity index (χ4n) is 3.17. The number of pyridine rings is 1. The van der Waals surface area contributed by atoms with E-state index in [1.807, 2.05) is 42.5 Å². The Bertz CT molecular complexity index is 1280. The van der Waals surface area contributed by atoms with Crippen molar-refractivity contribution >= 4 is 32.2 Å². The number of anilines is 2. The molecule has 0 aliphatic heterocycles. The van der Waals surface area contributed by atoms with E-state index in [9.17, 15) is 8.42 Å². The number of benzene rings is 2. The number of aromatic nitrogens is 2. The Kier molecular flexibility index (Phi) is 4.98. The van der Waals surface area contributed by atoms with Crippen molar-refractivity contribution in [2.24, 2.45) is 0 Å². The molecule has 0 radical (unpaired) electrons. The van der Waals surface area contributed by atoms with Crippen LogP contribution in [0.3, 0.4) is 0 Å². The van der Waals surface area contributed by atoms with Gasteiger partial charge < -0.3 is 15.0 Å². The molecule has 2 heterocycles. The lowest BCUT2D eigenvalue weighted by Crippen LogP contribution is -2.04. The third-order valence-corrected chi connectivity index (χ3v) is 6.50. The molecule has 6 nitrogen and oxygen atoms in total. The minimum Gasteiger partial charge on any atom is -0.497 e.